The first-order chi connectivity index (χ1) is 13.6. The second-order valence-electron chi connectivity index (χ2n) is 6.58. The molecule has 1 aromatic heterocycles. The number of fused-ring (bicyclic) bond motifs is 1. The molecular formula is C23H20N2O2S. The molecule has 0 aliphatic heterocycles. The maximum atomic E-state index is 12.6. The zero-order chi connectivity index (χ0) is 19.5. The lowest BCUT2D eigenvalue weighted by molar-refractivity contribution is -0.126. The van der Waals surface area contributed by atoms with E-state index in [0.29, 0.717) is 0 Å². The maximum absolute atomic E-state index is 12.6. The highest BCUT2D eigenvalue weighted by Gasteiger charge is 2.19. The topological polar surface area (TPSA) is 51.2 Å². The van der Waals surface area contributed by atoms with Gasteiger partial charge in [-0.2, -0.15) is 0 Å². The molecule has 4 aromatic rings. The minimum absolute atomic E-state index is 0.197. The van der Waals surface area contributed by atoms with Gasteiger partial charge in [-0.25, -0.2) is 4.98 Å². The summed E-state index contributed by atoms with van der Waals surface area (Å²) in [7, 11) is 1.54. The van der Waals surface area contributed by atoms with Crippen molar-refractivity contribution in [2.45, 2.75) is 13.0 Å². The summed E-state index contributed by atoms with van der Waals surface area (Å²) in [5, 5.41) is 3.89. The normalized spacial score (nSPS) is 12.1. The Labute approximate surface area is 167 Å². The summed E-state index contributed by atoms with van der Waals surface area (Å²) >= 11 is 1.67. The summed E-state index contributed by atoms with van der Waals surface area (Å²) in [6.07, 6.45) is -0.645. The molecule has 1 N–H and O–H groups in total. The fourth-order valence-corrected chi connectivity index (χ4v) is 4.15. The van der Waals surface area contributed by atoms with Crippen LogP contribution in [-0.4, -0.2) is 18.0 Å². The van der Waals surface area contributed by atoms with E-state index in [2.05, 4.69) is 24.4 Å². The average molecular weight is 388 g/mol. The lowest BCUT2D eigenvalue weighted by Crippen LogP contribution is -2.22. The van der Waals surface area contributed by atoms with E-state index >= 15 is 0 Å². The van der Waals surface area contributed by atoms with Gasteiger partial charge in [-0.3, -0.25) is 4.79 Å². The van der Waals surface area contributed by atoms with Crippen molar-refractivity contribution < 1.29 is 9.53 Å². The van der Waals surface area contributed by atoms with Gasteiger partial charge in [-0.1, -0.05) is 36.4 Å². The molecule has 4 rings (SSSR count). The average Bonchev–Trinajstić information content (AvgIpc) is 3.13. The standard InChI is InChI=1S/C23H20N2O2S/c1-15-8-13-19-20(14-15)28-23(25-19)17-9-11-18(12-10-17)24-22(26)21(27-2)16-6-4-3-5-7-16/h3-14,21H,1-2H3,(H,24,26)/t21-/m0/s1. The number of methoxy groups -OCH3 is 1. The molecule has 0 saturated carbocycles. The van der Waals surface area contributed by atoms with Crippen molar-refractivity contribution >= 4 is 33.1 Å². The second kappa shape index (κ2) is 7.92. The number of aryl methyl sites for hydroxylation is 1. The molecular weight excluding hydrogens is 368 g/mol. The van der Waals surface area contributed by atoms with Gasteiger partial charge in [0.2, 0.25) is 0 Å². The molecule has 140 valence electrons. The zero-order valence-electron chi connectivity index (χ0n) is 15.7. The lowest BCUT2D eigenvalue weighted by atomic mass is 10.1. The third-order valence-electron chi connectivity index (χ3n) is 4.52. The number of thiazole rings is 1. The molecule has 1 atom stereocenters. The van der Waals surface area contributed by atoms with Crippen LogP contribution in [0.3, 0.4) is 0 Å². The number of amides is 1. The molecule has 0 radical (unpaired) electrons. The van der Waals surface area contributed by atoms with E-state index in [4.69, 9.17) is 9.72 Å². The summed E-state index contributed by atoms with van der Waals surface area (Å²) in [5.74, 6) is -0.197. The van der Waals surface area contributed by atoms with Gasteiger partial charge in [0, 0.05) is 18.4 Å². The van der Waals surface area contributed by atoms with Crippen molar-refractivity contribution in [3.05, 3.63) is 83.9 Å². The van der Waals surface area contributed by atoms with E-state index in [-0.39, 0.29) is 5.91 Å². The maximum Gasteiger partial charge on any atom is 0.258 e. The highest BCUT2D eigenvalue weighted by molar-refractivity contribution is 7.21. The predicted octanol–water partition coefficient (Wildman–Crippen LogP) is 5.60. The number of carbonyl (C=O) groups excluding carboxylic acids is 1. The molecule has 4 nitrogen and oxygen atoms in total. The highest BCUT2D eigenvalue weighted by Crippen LogP contribution is 2.31. The van der Waals surface area contributed by atoms with Crippen molar-refractivity contribution in [3.63, 3.8) is 0 Å². The summed E-state index contributed by atoms with van der Waals surface area (Å²) in [6.45, 7) is 2.08. The smallest absolute Gasteiger partial charge is 0.258 e. The van der Waals surface area contributed by atoms with E-state index in [1.807, 2.05) is 60.7 Å². The molecule has 0 unspecified atom stereocenters. The van der Waals surface area contributed by atoms with Gasteiger partial charge in [0.05, 0.1) is 10.2 Å². The monoisotopic (exact) mass is 388 g/mol. The van der Waals surface area contributed by atoms with Crippen LogP contribution in [0.4, 0.5) is 5.69 Å². The number of nitrogens with zero attached hydrogens (tertiary/aromatic N) is 1. The fraction of sp³-hybridized carbons (Fsp3) is 0.130. The van der Waals surface area contributed by atoms with Crippen LogP contribution in [0.15, 0.2) is 72.8 Å². The molecule has 0 aliphatic carbocycles. The van der Waals surface area contributed by atoms with Crippen LogP contribution in [0, 0.1) is 6.92 Å². The summed E-state index contributed by atoms with van der Waals surface area (Å²) in [4.78, 5) is 17.3. The first-order valence-corrected chi connectivity index (χ1v) is 9.82. The molecule has 1 heterocycles. The number of carbonyl (C=O) groups is 1. The van der Waals surface area contributed by atoms with E-state index in [1.165, 1.54) is 17.4 Å². The molecule has 3 aromatic carbocycles. The molecule has 1 amide bonds. The minimum atomic E-state index is -0.645. The molecule has 28 heavy (non-hydrogen) atoms. The number of anilines is 1. The van der Waals surface area contributed by atoms with Gasteiger partial charge in [0.25, 0.3) is 5.91 Å². The first kappa shape index (κ1) is 18.3. The largest absolute Gasteiger partial charge is 0.367 e. The van der Waals surface area contributed by atoms with Crippen LogP contribution in [0.25, 0.3) is 20.8 Å². The molecule has 0 bridgehead atoms. The third-order valence-corrected chi connectivity index (χ3v) is 5.59. The third kappa shape index (κ3) is 3.81. The Balaban J connectivity index is 1.51. The number of ether oxygens (including phenoxy) is 1. The Kier molecular flexibility index (Phi) is 5.19. The van der Waals surface area contributed by atoms with Crippen LogP contribution in [-0.2, 0) is 9.53 Å². The summed E-state index contributed by atoms with van der Waals surface area (Å²) in [5.41, 5.74) is 4.82. The SMILES string of the molecule is CO[C@H](C(=O)Nc1ccc(-c2nc3ccc(C)cc3s2)cc1)c1ccccc1. The van der Waals surface area contributed by atoms with Gasteiger partial charge >= 0.3 is 0 Å². The van der Waals surface area contributed by atoms with Gasteiger partial charge in [0.15, 0.2) is 6.10 Å². The zero-order valence-corrected chi connectivity index (χ0v) is 16.5. The summed E-state index contributed by atoms with van der Waals surface area (Å²) in [6, 6.07) is 23.5. The number of rotatable bonds is 5. The molecule has 0 fully saturated rings. The van der Waals surface area contributed by atoms with Crippen LogP contribution >= 0.6 is 11.3 Å². The summed E-state index contributed by atoms with van der Waals surface area (Å²) < 4.78 is 6.57. The first-order valence-electron chi connectivity index (χ1n) is 9.00. The number of hydrogen-bond donors (Lipinski definition) is 1. The number of aromatic nitrogens is 1. The Morgan fingerprint density at radius 3 is 2.50 bits per heavy atom. The van der Waals surface area contributed by atoms with E-state index < -0.39 is 6.10 Å². The van der Waals surface area contributed by atoms with Gasteiger partial charge < -0.3 is 10.1 Å². The lowest BCUT2D eigenvalue weighted by Gasteiger charge is -2.15. The van der Waals surface area contributed by atoms with Crippen LogP contribution < -0.4 is 5.32 Å². The van der Waals surface area contributed by atoms with Crippen molar-refractivity contribution in [3.8, 4) is 10.6 Å². The number of hydrogen-bond acceptors (Lipinski definition) is 4. The van der Waals surface area contributed by atoms with Gasteiger partial charge in [-0.15, -0.1) is 11.3 Å². The van der Waals surface area contributed by atoms with Crippen LogP contribution in [0.1, 0.15) is 17.2 Å². The predicted molar refractivity (Wildman–Crippen MR) is 115 cm³/mol. The minimum Gasteiger partial charge on any atom is -0.367 e. The van der Waals surface area contributed by atoms with Crippen molar-refractivity contribution in [1.82, 2.24) is 4.98 Å². The molecule has 0 spiro atoms. The van der Waals surface area contributed by atoms with E-state index in [9.17, 15) is 4.79 Å². The Bertz CT molecular complexity index is 1100. The molecule has 0 saturated heterocycles. The Hall–Kier alpha value is -3.02. The van der Waals surface area contributed by atoms with Crippen molar-refractivity contribution in [2.75, 3.05) is 12.4 Å². The Morgan fingerprint density at radius 1 is 1.04 bits per heavy atom. The van der Waals surface area contributed by atoms with Crippen molar-refractivity contribution in [1.29, 1.82) is 0 Å². The van der Waals surface area contributed by atoms with Gasteiger partial charge in [0.1, 0.15) is 5.01 Å². The quantitative estimate of drug-likeness (QED) is 0.484. The van der Waals surface area contributed by atoms with Crippen molar-refractivity contribution in [2.24, 2.45) is 0 Å². The molecule has 5 heteroatoms. The van der Waals surface area contributed by atoms with E-state index in [0.717, 1.165) is 27.3 Å². The van der Waals surface area contributed by atoms with Gasteiger partial charge in [-0.05, 0) is 54.4 Å². The highest BCUT2D eigenvalue weighted by atomic mass is 32.1. The van der Waals surface area contributed by atoms with Crippen LogP contribution in [0.2, 0.25) is 0 Å². The number of nitrogens with one attached hydrogen (secondary N) is 1. The second-order valence-corrected chi connectivity index (χ2v) is 7.61. The molecule has 0 aliphatic rings. The van der Waals surface area contributed by atoms with Crippen LogP contribution in [0.5, 0.6) is 0 Å². The van der Waals surface area contributed by atoms with E-state index in [1.54, 1.807) is 11.3 Å². The number of benzene rings is 3. The fourth-order valence-electron chi connectivity index (χ4n) is 3.08. The Morgan fingerprint density at radius 2 is 1.79 bits per heavy atom.